The smallest absolute Gasteiger partial charge is 0.337 e. The Hall–Kier alpha value is -3.29. The molecule has 0 unspecified atom stereocenters. The third-order valence-electron chi connectivity index (χ3n) is 5.33. The van der Waals surface area contributed by atoms with Crippen molar-refractivity contribution in [3.8, 4) is 11.4 Å². The van der Waals surface area contributed by atoms with Crippen LogP contribution < -0.4 is 0 Å². The monoisotopic (exact) mass is 418 g/mol. The van der Waals surface area contributed by atoms with Crippen LogP contribution in [-0.4, -0.2) is 65.7 Å². The van der Waals surface area contributed by atoms with E-state index in [2.05, 4.69) is 56.4 Å². The van der Waals surface area contributed by atoms with Crippen LogP contribution in [0.1, 0.15) is 21.8 Å². The molecule has 0 bridgehead atoms. The summed E-state index contributed by atoms with van der Waals surface area (Å²) < 4.78 is 10.2. The Kier molecular flexibility index (Phi) is 6.86. The molecule has 0 saturated carbocycles. The quantitative estimate of drug-likeness (QED) is 0.545. The second kappa shape index (κ2) is 10.1. The fourth-order valence-electron chi connectivity index (χ4n) is 3.53. The number of hydrogen-bond donors (Lipinski definition) is 0. The Morgan fingerprint density at radius 1 is 1.03 bits per heavy atom. The molecule has 0 N–H and O–H groups in total. The maximum absolute atomic E-state index is 11.5. The standard InChI is InChI=1S/C24H26N4O3/c1-30-24(29)21-11-9-20(10-12-21)23-25-22(31-26-23)18-28-16-14-27(15-17-28)13-5-8-19-6-3-2-4-7-19/h2-12H,13-18H2,1H3. The molecule has 0 aliphatic carbocycles. The number of benzene rings is 2. The van der Waals surface area contributed by atoms with Gasteiger partial charge in [0.05, 0.1) is 19.2 Å². The number of aromatic nitrogens is 2. The summed E-state index contributed by atoms with van der Waals surface area (Å²) in [4.78, 5) is 20.8. The Balaban J connectivity index is 1.25. The van der Waals surface area contributed by atoms with Crippen molar-refractivity contribution in [1.82, 2.24) is 19.9 Å². The number of esters is 1. The van der Waals surface area contributed by atoms with Crippen LogP contribution in [0.4, 0.5) is 0 Å². The second-order valence-corrected chi connectivity index (χ2v) is 7.47. The Morgan fingerprint density at radius 2 is 1.74 bits per heavy atom. The van der Waals surface area contributed by atoms with Gasteiger partial charge in [-0.1, -0.05) is 59.8 Å². The minimum Gasteiger partial charge on any atom is -0.465 e. The summed E-state index contributed by atoms with van der Waals surface area (Å²) in [6, 6.07) is 17.3. The molecule has 2 heterocycles. The van der Waals surface area contributed by atoms with E-state index in [0.29, 0.717) is 23.8 Å². The van der Waals surface area contributed by atoms with E-state index in [0.717, 1.165) is 38.3 Å². The molecule has 0 radical (unpaired) electrons. The van der Waals surface area contributed by atoms with E-state index in [4.69, 9.17) is 9.26 Å². The summed E-state index contributed by atoms with van der Waals surface area (Å²) in [5.41, 5.74) is 2.53. The molecule has 0 spiro atoms. The number of hydrogen-bond acceptors (Lipinski definition) is 7. The fraction of sp³-hybridized carbons (Fsp3) is 0.292. The van der Waals surface area contributed by atoms with Crippen LogP contribution >= 0.6 is 0 Å². The van der Waals surface area contributed by atoms with Crippen molar-refractivity contribution >= 4 is 12.0 Å². The van der Waals surface area contributed by atoms with Crippen molar-refractivity contribution in [2.24, 2.45) is 0 Å². The number of carbonyl (C=O) groups excluding carboxylic acids is 1. The third-order valence-corrected chi connectivity index (χ3v) is 5.33. The van der Waals surface area contributed by atoms with Gasteiger partial charge in [0.15, 0.2) is 0 Å². The van der Waals surface area contributed by atoms with Crippen LogP contribution in [-0.2, 0) is 11.3 Å². The average Bonchev–Trinajstić information content (AvgIpc) is 3.29. The van der Waals surface area contributed by atoms with Crippen LogP contribution in [0.2, 0.25) is 0 Å². The van der Waals surface area contributed by atoms with Gasteiger partial charge >= 0.3 is 5.97 Å². The molecule has 31 heavy (non-hydrogen) atoms. The lowest BCUT2D eigenvalue weighted by atomic mass is 10.1. The molecule has 1 saturated heterocycles. The first-order valence-electron chi connectivity index (χ1n) is 10.4. The highest BCUT2D eigenvalue weighted by Crippen LogP contribution is 2.18. The summed E-state index contributed by atoms with van der Waals surface area (Å²) in [5.74, 6) is 0.760. The SMILES string of the molecule is COC(=O)c1ccc(-c2noc(CN3CCN(CC=Cc4ccccc4)CC3)n2)cc1. The zero-order valence-corrected chi connectivity index (χ0v) is 17.6. The first-order chi connectivity index (χ1) is 15.2. The van der Waals surface area contributed by atoms with E-state index in [-0.39, 0.29) is 5.97 Å². The van der Waals surface area contributed by atoms with Crippen molar-refractivity contribution in [3.63, 3.8) is 0 Å². The number of rotatable bonds is 7. The highest BCUT2D eigenvalue weighted by Gasteiger charge is 2.19. The molecule has 4 rings (SSSR count). The minimum absolute atomic E-state index is 0.366. The Labute approximate surface area is 181 Å². The fourth-order valence-corrected chi connectivity index (χ4v) is 3.53. The molecule has 1 aliphatic heterocycles. The van der Waals surface area contributed by atoms with Crippen LogP contribution in [0.3, 0.4) is 0 Å². The molecule has 1 aliphatic rings. The van der Waals surface area contributed by atoms with Crippen molar-refractivity contribution < 1.29 is 14.1 Å². The predicted molar refractivity (Wildman–Crippen MR) is 118 cm³/mol. The van der Waals surface area contributed by atoms with Gasteiger partial charge in [-0.15, -0.1) is 0 Å². The summed E-state index contributed by atoms with van der Waals surface area (Å²) in [5, 5.41) is 4.08. The van der Waals surface area contributed by atoms with Gasteiger partial charge in [-0.3, -0.25) is 9.80 Å². The number of ether oxygens (including phenoxy) is 1. The lowest BCUT2D eigenvalue weighted by Gasteiger charge is -2.33. The summed E-state index contributed by atoms with van der Waals surface area (Å²) in [6.07, 6.45) is 4.39. The van der Waals surface area contributed by atoms with Crippen molar-refractivity contribution in [1.29, 1.82) is 0 Å². The molecule has 1 fully saturated rings. The van der Waals surface area contributed by atoms with Gasteiger partial charge in [0.2, 0.25) is 11.7 Å². The molecule has 2 aromatic carbocycles. The molecule has 160 valence electrons. The lowest BCUT2D eigenvalue weighted by Crippen LogP contribution is -2.45. The third kappa shape index (κ3) is 5.65. The summed E-state index contributed by atoms with van der Waals surface area (Å²) in [7, 11) is 1.36. The van der Waals surface area contributed by atoms with E-state index in [1.807, 2.05) is 6.07 Å². The number of methoxy groups -OCH3 is 1. The molecular formula is C24H26N4O3. The summed E-state index contributed by atoms with van der Waals surface area (Å²) in [6.45, 7) is 5.54. The van der Waals surface area contributed by atoms with E-state index in [1.165, 1.54) is 12.7 Å². The lowest BCUT2D eigenvalue weighted by molar-refractivity contribution is 0.0600. The molecule has 3 aromatic rings. The van der Waals surface area contributed by atoms with Crippen molar-refractivity contribution in [2.75, 3.05) is 39.8 Å². The number of carbonyl (C=O) groups is 1. The van der Waals surface area contributed by atoms with Gasteiger partial charge in [0, 0.05) is 38.3 Å². The van der Waals surface area contributed by atoms with Crippen LogP contribution in [0.25, 0.3) is 17.5 Å². The van der Waals surface area contributed by atoms with Gasteiger partial charge in [0.1, 0.15) is 0 Å². The molecule has 1 aromatic heterocycles. The first-order valence-corrected chi connectivity index (χ1v) is 10.4. The Bertz CT molecular complexity index is 1010. The van der Waals surface area contributed by atoms with Crippen molar-refractivity contribution in [2.45, 2.75) is 6.54 Å². The van der Waals surface area contributed by atoms with Crippen molar-refractivity contribution in [3.05, 3.63) is 77.7 Å². The van der Waals surface area contributed by atoms with Crippen LogP contribution in [0.5, 0.6) is 0 Å². The Morgan fingerprint density at radius 3 is 2.45 bits per heavy atom. The second-order valence-electron chi connectivity index (χ2n) is 7.47. The van der Waals surface area contributed by atoms with Gasteiger partial charge in [-0.2, -0.15) is 4.98 Å². The average molecular weight is 418 g/mol. The van der Waals surface area contributed by atoms with Gasteiger partial charge in [-0.05, 0) is 17.7 Å². The highest BCUT2D eigenvalue weighted by atomic mass is 16.5. The molecule has 0 amide bonds. The zero-order valence-electron chi connectivity index (χ0n) is 17.6. The van der Waals surface area contributed by atoms with Gasteiger partial charge < -0.3 is 9.26 Å². The number of piperazine rings is 1. The molecule has 7 heteroatoms. The van der Waals surface area contributed by atoms with E-state index in [9.17, 15) is 4.79 Å². The van der Waals surface area contributed by atoms with Gasteiger partial charge in [0.25, 0.3) is 0 Å². The topological polar surface area (TPSA) is 71.7 Å². The summed E-state index contributed by atoms with van der Waals surface area (Å²) >= 11 is 0. The minimum atomic E-state index is -0.366. The maximum atomic E-state index is 11.5. The van der Waals surface area contributed by atoms with E-state index >= 15 is 0 Å². The zero-order chi connectivity index (χ0) is 21.5. The van der Waals surface area contributed by atoms with Gasteiger partial charge in [-0.25, -0.2) is 4.79 Å². The number of nitrogens with zero attached hydrogens (tertiary/aromatic N) is 4. The van der Waals surface area contributed by atoms with Crippen LogP contribution in [0.15, 0.2) is 65.2 Å². The molecule has 0 atom stereocenters. The first kappa shape index (κ1) is 21.0. The molecule has 7 nitrogen and oxygen atoms in total. The largest absolute Gasteiger partial charge is 0.465 e. The highest BCUT2D eigenvalue weighted by molar-refractivity contribution is 5.89. The van der Waals surface area contributed by atoms with E-state index in [1.54, 1.807) is 24.3 Å². The van der Waals surface area contributed by atoms with Crippen LogP contribution in [0, 0.1) is 0 Å². The maximum Gasteiger partial charge on any atom is 0.337 e. The predicted octanol–water partition coefficient (Wildman–Crippen LogP) is 3.35. The van der Waals surface area contributed by atoms with E-state index < -0.39 is 0 Å². The normalized spacial score (nSPS) is 15.4. The molecular weight excluding hydrogens is 392 g/mol.